The number of nitrogens with zero attached hydrogens (tertiary/aromatic N) is 3. The monoisotopic (exact) mass is 1180 g/mol. The Bertz CT molecular complexity index is 5590. The molecule has 15 aromatic rings. The van der Waals surface area contributed by atoms with Gasteiger partial charge < -0.3 is 0 Å². The summed E-state index contributed by atoms with van der Waals surface area (Å²) in [5, 5.41) is 2.22. The lowest BCUT2D eigenvalue weighted by Crippen LogP contribution is -2.25. The molecule has 0 aliphatic heterocycles. The standard InChI is InChI=1S/C90H57N3/c1-55-76(62-44-46-73-71-24-8-16-32-83(71)90(85(73)54-62)80-29-13-5-21-68(80)69-22-6-14-30-81(69)90)51-63(61-43-45-72-70-23-7-15-31-82(70)89(84(72)53-61)78-27-11-3-19-66(78)67-20-4-12-28-79(67)89)52-77(55)88(60-41-39-59(40-42-60)65-48-50-92-87-34-18-10-26-75(65)87)93-56(2)57-35-37-58(38-36-57)64-47-49-91-86-33-17-9-25-74(64)86/h3-54H,2H2,1H3/b93-88-. The van der Waals surface area contributed by atoms with E-state index in [1.807, 2.05) is 18.5 Å². The summed E-state index contributed by atoms with van der Waals surface area (Å²) < 4.78 is 0. The summed E-state index contributed by atoms with van der Waals surface area (Å²) in [7, 11) is 0. The number of aliphatic imine (C=N–C) groups is 1. The summed E-state index contributed by atoms with van der Waals surface area (Å²) >= 11 is 0. The molecule has 0 unspecified atom stereocenters. The predicted octanol–water partition coefficient (Wildman–Crippen LogP) is 22.0. The van der Waals surface area contributed by atoms with Crippen molar-refractivity contribution < 1.29 is 0 Å². The molecule has 432 valence electrons. The fraction of sp³-hybridized carbons (Fsp3) is 0.0333. The molecule has 2 spiro atoms. The van der Waals surface area contributed by atoms with Gasteiger partial charge in [0.1, 0.15) is 0 Å². The number of rotatable bonds is 8. The number of para-hydroxylation sites is 2. The smallest absolute Gasteiger partial charge is 0.0784 e. The van der Waals surface area contributed by atoms with Crippen molar-refractivity contribution in [3.8, 4) is 89.0 Å². The summed E-state index contributed by atoms with van der Waals surface area (Å²) in [6, 6.07) is 113. The number of fused-ring (bicyclic) bond motifs is 22. The van der Waals surface area contributed by atoms with Crippen LogP contribution in [-0.2, 0) is 10.8 Å². The van der Waals surface area contributed by atoms with E-state index in [0.29, 0.717) is 5.70 Å². The van der Waals surface area contributed by atoms with Gasteiger partial charge >= 0.3 is 0 Å². The second kappa shape index (κ2) is 20.3. The molecule has 3 heteroatoms. The Balaban J connectivity index is 0.852. The summed E-state index contributed by atoms with van der Waals surface area (Å²) in [6.07, 6.45) is 3.81. The van der Waals surface area contributed by atoms with E-state index in [-0.39, 0.29) is 0 Å². The molecule has 19 rings (SSSR count). The fourth-order valence-corrected chi connectivity index (χ4v) is 16.8. The number of benzene rings is 13. The maximum atomic E-state index is 5.81. The van der Waals surface area contributed by atoms with E-state index in [0.717, 1.165) is 94.3 Å². The van der Waals surface area contributed by atoms with Crippen LogP contribution in [0.2, 0.25) is 0 Å². The highest BCUT2D eigenvalue weighted by atomic mass is 14.8. The van der Waals surface area contributed by atoms with Crippen molar-refractivity contribution in [2.24, 2.45) is 4.99 Å². The van der Waals surface area contributed by atoms with Crippen LogP contribution in [0.3, 0.4) is 0 Å². The van der Waals surface area contributed by atoms with Crippen LogP contribution in [0.25, 0.3) is 117 Å². The minimum atomic E-state index is -0.521. The van der Waals surface area contributed by atoms with Crippen LogP contribution < -0.4 is 0 Å². The normalized spacial score (nSPS) is 13.7. The first-order chi connectivity index (χ1) is 45.9. The van der Waals surface area contributed by atoms with Gasteiger partial charge in [-0.1, -0.05) is 261 Å². The lowest BCUT2D eigenvalue weighted by molar-refractivity contribution is 0.794. The van der Waals surface area contributed by atoms with Crippen LogP contribution in [-0.4, -0.2) is 15.7 Å². The fourth-order valence-electron chi connectivity index (χ4n) is 16.8. The second-order valence-corrected chi connectivity index (χ2v) is 25.3. The Morgan fingerprint density at radius 2 is 0.645 bits per heavy atom. The van der Waals surface area contributed by atoms with E-state index in [1.54, 1.807) is 0 Å². The minimum absolute atomic E-state index is 0.519. The zero-order valence-electron chi connectivity index (χ0n) is 51.1. The molecule has 0 fully saturated rings. The van der Waals surface area contributed by atoms with Crippen molar-refractivity contribution >= 4 is 33.2 Å². The van der Waals surface area contributed by atoms with Gasteiger partial charge in [-0.25, -0.2) is 4.99 Å². The van der Waals surface area contributed by atoms with E-state index in [9.17, 15) is 0 Å². The van der Waals surface area contributed by atoms with Gasteiger partial charge in [0.2, 0.25) is 0 Å². The largest absolute Gasteiger partial charge is 0.256 e. The van der Waals surface area contributed by atoms with Gasteiger partial charge in [0, 0.05) is 34.3 Å². The van der Waals surface area contributed by atoms with Crippen LogP contribution in [0.1, 0.15) is 66.8 Å². The van der Waals surface area contributed by atoms with E-state index in [4.69, 9.17) is 16.6 Å². The quantitative estimate of drug-likeness (QED) is 0.142. The van der Waals surface area contributed by atoms with Crippen molar-refractivity contribution in [2.45, 2.75) is 17.8 Å². The maximum absolute atomic E-state index is 5.81. The van der Waals surface area contributed by atoms with E-state index in [2.05, 4.69) is 309 Å². The van der Waals surface area contributed by atoms with Crippen LogP contribution in [0.5, 0.6) is 0 Å². The van der Waals surface area contributed by atoms with Crippen LogP contribution in [0.4, 0.5) is 0 Å². The van der Waals surface area contributed by atoms with Gasteiger partial charge in [-0.3, -0.25) is 9.97 Å². The van der Waals surface area contributed by atoms with Gasteiger partial charge in [-0.05, 0) is 200 Å². The SMILES string of the molecule is C=C(/N=C(/c1ccc(-c2ccnc3ccccc23)cc1)c1cc(-c2ccc3c(c2)C2(c4ccccc4-c4ccccc42)c2ccccc2-3)cc(-c2ccc3c(c2)C2(c4ccccc4-c4ccccc42)c2ccccc2-3)c1C)c1ccc(-c2ccnc3ccccc23)cc1. The third kappa shape index (κ3) is 7.56. The van der Waals surface area contributed by atoms with Gasteiger partial charge in [0.15, 0.2) is 0 Å². The Morgan fingerprint density at radius 3 is 1.09 bits per heavy atom. The number of hydrogen-bond acceptors (Lipinski definition) is 3. The molecule has 0 bridgehead atoms. The third-order valence-corrected chi connectivity index (χ3v) is 20.8. The molecule has 4 aliphatic carbocycles. The molecule has 2 aromatic heterocycles. The first-order valence-corrected chi connectivity index (χ1v) is 32.2. The Kier molecular flexibility index (Phi) is 11.6. The number of hydrogen-bond donors (Lipinski definition) is 0. The van der Waals surface area contributed by atoms with Crippen molar-refractivity contribution in [3.05, 3.63) is 389 Å². The van der Waals surface area contributed by atoms with Crippen LogP contribution >= 0.6 is 0 Å². The van der Waals surface area contributed by atoms with Crippen molar-refractivity contribution in [1.29, 1.82) is 0 Å². The van der Waals surface area contributed by atoms with Crippen molar-refractivity contribution in [1.82, 2.24) is 9.97 Å². The van der Waals surface area contributed by atoms with Crippen molar-refractivity contribution in [3.63, 3.8) is 0 Å². The summed E-state index contributed by atoms with van der Waals surface area (Å²) in [5.74, 6) is 0. The van der Waals surface area contributed by atoms with E-state index >= 15 is 0 Å². The average molecular weight is 1180 g/mol. The molecule has 93 heavy (non-hydrogen) atoms. The summed E-state index contributed by atoms with van der Waals surface area (Å²) in [6.45, 7) is 7.13. The number of aromatic nitrogens is 2. The highest BCUT2D eigenvalue weighted by molar-refractivity contribution is 6.17. The molecule has 0 amide bonds. The molecule has 13 aromatic carbocycles. The zero-order valence-corrected chi connectivity index (χ0v) is 51.1. The second-order valence-electron chi connectivity index (χ2n) is 25.3. The highest BCUT2D eigenvalue weighted by Gasteiger charge is 2.53. The topological polar surface area (TPSA) is 38.1 Å². The van der Waals surface area contributed by atoms with Crippen LogP contribution in [0, 0.1) is 6.92 Å². The molecule has 4 aliphatic rings. The minimum Gasteiger partial charge on any atom is -0.256 e. The Labute approximate surface area is 540 Å². The molecule has 0 radical (unpaired) electrons. The maximum Gasteiger partial charge on any atom is 0.0784 e. The lowest BCUT2D eigenvalue weighted by atomic mass is 9.70. The van der Waals surface area contributed by atoms with Crippen LogP contribution in [0.15, 0.2) is 327 Å². The zero-order chi connectivity index (χ0) is 61.5. The summed E-state index contributed by atoms with van der Waals surface area (Å²) in [4.78, 5) is 15.2. The molecule has 0 atom stereocenters. The molecular formula is C90H57N3. The summed E-state index contributed by atoms with van der Waals surface area (Å²) in [5.41, 5.74) is 36.2. The lowest BCUT2D eigenvalue weighted by Gasteiger charge is -2.31. The van der Waals surface area contributed by atoms with Crippen molar-refractivity contribution in [2.75, 3.05) is 0 Å². The Morgan fingerprint density at radius 1 is 0.290 bits per heavy atom. The first kappa shape index (κ1) is 53.0. The van der Waals surface area contributed by atoms with Gasteiger partial charge in [-0.15, -0.1) is 0 Å². The molecule has 0 N–H and O–H groups in total. The van der Waals surface area contributed by atoms with Gasteiger partial charge in [0.05, 0.1) is 33.3 Å². The molecule has 2 heterocycles. The molecular weight excluding hydrogens is 1120 g/mol. The Hall–Kier alpha value is -11.9. The highest BCUT2D eigenvalue weighted by Crippen LogP contribution is 2.65. The van der Waals surface area contributed by atoms with Gasteiger partial charge in [0.25, 0.3) is 0 Å². The number of pyridine rings is 2. The average Bonchev–Trinajstić information content (AvgIpc) is 1.54. The molecule has 0 saturated heterocycles. The predicted molar refractivity (Wildman–Crippen MR) is 384 cm³/mol. The van der Waals surface area contributed by atoms with Gasteiger partial charge in [-0.2, -0.15) is 0 Å². The molecule has 3 nitrogen and oxygen atoms in total. The first-order valence-electron chi connectivity index (χ1n) is 32.2. The van der Waals surface area contributed by atoms with E-state index in [1.165, 1.54) is 89.0 Å². The molecule has 0 saturated carbocycles. The van der Waals surface area contributed by atoms with E-state index < -0.39 is 10.8 Å². The third-order valence-electron chi connectivity index (χ3n) is 20.8.